The van der Waals surface area contributed by atoms with E-state index in [1.165, 1.54) is 38.9 Å². The van der Waals surface area contributed by atoms with Crippen molar-refractivity contribution in [1.82, 2.24) is 9.80 Å². The van der Waals surface area contributed by atoms with E-state index in [0.717, 1.165) is 32.8 Å². The van der Waals surface area contributed by atoms with Crippen molar-refractivity contribution in [3.05, 3.63) is 0 Å². The minimum Gasteiger partial charge on any atom is -0.379 e. The van der Waals surface area contributed by atoms with Crippen LogP contribution in [0.5, 0.6) is 0 Å². The Morgan fingerprint density at radius 2 is 1.81 bits per heavy atom. The second-order valence-electron chi connectivity index (χ2n) is 5.01. The van der Waals surface area contributed by atoms with Gasteiger partial charge in [0.05, 0.1) is 13.2 Å². The molecule has 2 aliphatic rings. The highest BCUT2D eigenvalue weighted by Gasteiger charge is 2.16. The van der Waals surface area contributed by atoms with Gasteiger partial charge in [0, 0.05) is 25.7 Å². The van der Waals surface area contributed by atoms with Gasteiger partial charge in [-0.15, -0.1) is 0 Å². The Morgan fingerprint density at radius 3 is 2.56 bits per heavy atom. The first-order chi connectivity index (χ1) is 7.84. The molecule has 0 radical (unpaired) electrons. The second kappa shape index (κ2) is 6.55. The van der Waals surface area contributed by atoms with E-state index in [4.69, 9.17) is 10.5 Å². The van der Waals surface area contributed by atoms with Crippen molar-refractivity contribution < 1.29 is 4.74 Å². The number of hydrogen-bond acceptors (Lipinski definition) is 4. The summed E-state index contributed by atoms with van der Waals surface area (Å²) in [5.41, 5.74) is 5.97. The standard InChI is InChI=1S/C12H25N3O/c13-12-3-1-4-15(11-12)6-2-5-14-7-9-16-10-8-14/h12H,1-11,13H2/t12-/m0/s1. The molecule has 94 valence electrons. The minimum absolute atomic E-state index is 0.414. The van der Waals surface area contributed by atoms with Crippen molar-refractivity contribution in [2.24, 2.45) is 5.73 Å². The number of likely N-dealkylation sites (tertiary alicyclic amines) is 1. The fraction of sp³-hybridized carbons (Fsp3) is 1.00. The molecule has 4 heteroatoms. The van der Waals surface area contributed by atoms with Gasteiger partial charge in [-0.05, 0) is 38.9 Å². The van der Waals surface area contributed by atoms with E-state index in [1.807, 2.05) is 0 Å². The van der Waals surface area contributed by atoms with Crippen LogP contribution in [0.1, 0.15) is 19.3 Å². The Hall–Kier alpha value is -0.160. The van der Waals surface area contributed by atoms with Gasteiger partial charge in [0.25, 0.3) is 0 Å². The van der Waals surface area contributed by atoms with Crippen LogP contribution in [-0.2, 0) is 4.74 Å². The Morgan fingerprint density at radius 1 is 1.06 bits per heavy atom. The van der Waals surface area contributed by atoms with Crippen molar-refractivity contribution in [2.45, 2.75) is 25.3 Å². The zero-order valence-corrected chi connectivity index (χ0v) is 10.2. The zero-order valence-electron chi connectivity index (χ0n) is 10.2. The molecule has 2 rings (SSSR count). The maximum absolute atomic E-state index is 5.97. The maximum Gasteiger partial charge on any atom is 0.0594 e. The highest BCUT2D eigenvalue weighted by atomic mass is 16.5. The van der Waals surface area contributed by atoms with Crippen molar-refractivity contribution in [2.75, 3.05) is 52.5 Å². The Bertz CT molecular complexity index is 195. The molecule has 0 aromatic heterocycles. The molecule has 0 saturated carbocycles. The van der Waals surface area contributed by atoms with Gasteiger partial charge in [-0.25, -0.2) is 0 Å². The summed E-state index contributed by atoms with van der Waals surface area (Å²) in [6.07, 6.45) is 3.76. The number of rotatable bonds is 4. The third-order valence-electron chi connectivity index (χ3n) is 3.59. The summed E-state index contributed by atoms with van der Waals surface area (Å²) < 4.78 is 5.34. The fourth-order valence-corrected chi connectivity index (χ4v) is 2.64. The average Bonchev–Trinajstić information content (AvgIpc) is 2.30. The molecular weight excluding hydrogens is 202 g/mol. The first-order valence-corrected chi connectivity index (χ1v) is 6.62. The number of nitrogens with two attached hydrogens (primary N) is 1. The molecule has 0 aromatic carbocycles. The topological polar surface area (TPSA) is 41.7 Å². The Labute approximate surface area is 98.7 Å². The highest BCUT2D eigenvalue weighted by molar-refractivity contribution is 4.75. The lowest BCUT2D eigenvalue weighted by atomic mass is 10.1. The monoisotopic (exact) mass is 227 g/mol. The normalized spacial score (nSPS) is 29.4. The maximum atomic E-state index is 5.97. The van der Waals surface area contributed by atoms with Crippen LogP contribution in [0.2, 0.25) is 0 Å². The van der Waals surface area contributed by atoms with Crippen LogP contribution >= 0.6 is 0 Å². The Balaban J connectivity index is 1.56. The van der Waals surface area contributed by atoms with Gasteiger partial charge < -0.3 is 15.4 Å². The summed E-state index contributed by atoms with van der Waals surface area (Å²) in [5.74, 6) is 0. The van der Waals surface area contributed by atoms with E-state index in [2.05, 4.69) is 9.80 Å². The van der Waals surface area contributed by atoms with Crippen molar-refractivity contribution in [3.63, 3.8) is 0 Å². The predicted octanol–water partition coefficient (Wildman–Crippen LogP) is 0.132. The quantitative estimate of drug-likeness (QED) is 0.741. The molecule has 0 aliphatic carbocycles. The lowest BCUT2D eigenvalue weighted by Gasteiger charge is -2.32. The lowest BCUT2D eigenvalue weighted by Crippen LogP contribution is -2.44. The van der Waals surface area contributed by atoms with Gasteiger partial charge in [0.2, 0.25) is 0 Å². The van der Waals surface area contributed by atoms with Crippen LogP contribution in [0.4, 0.5) is 0 Å². The summed E-state index contributed by atoms with van der Waals surface area (Å²) in [6.45, 7) is 8.82. The van der Waals surface area contributed by atoms with Crippen molar-refractivity contribution >= 4 is 0 Å². The molecule has 2 N–H and O–H groups in total. The van der Waals surface area contributed by atoms with E-state index in [-0.39, 0.29) is 0 Å². The summed E-state index contributed by atoms with van der Waals surface area (Å²) >= 11 is 0. The molecule has 0 unspecified atom stereocenters. The molecule has 2 saturated heterocycles. The smallest absolute Gasteiger partial charge is 0.0594 e. The third kappa shape index (κ3) is 4.01. The van der Waals surface area contributed by atoms with Gasteiger partial charge in [0.1, 0.15) is 0 Å². The molecule has 0 bridgehead atoms. The molecule has 2 aliphatic heterocycles. The number of morpholine rings is 1. The molecule has 0 spiro atoms. The van der Waals surface area contributed by atoms with Gasteiger partial charge in [-0.1, -0.05) is 0 Å². The second-order valence-corrected chi connectivity index (χ2v) is 5.01. The van der Waals surface area contributed by atoms with Crippen molar-refractivity contribution in [1.29, 1.82) is 0 Å². The zero-order chi connectivity index (χ0) is 11.2. The van der Waals surface area contributed by atoms with E-state index < -0.39 is 0 Å². The first kappa shape index (κ1) is 12.3. The van der Waals surface area contributed by atoms with Gasteiger partial charge in [-0.2, -0.15) is 0 Å². The Kier molecular flexibility index (Phi) is 5.03. The summed E-state index contributed by atoms with van der Waals surface area (Å²) in [5, 5.41) is 0. The van der Waals surface area contributed by atoms with Crippen molar-refractivity contribution in [3.8, 4) is 0 Å². The molecule has 0 amide bonds. The van der Waals surface area contributed by atoms with Crippen LogP contribution in [0.25, 0.3) is 0 Å². The molecule has 2 heterocycles. The number of piperidine rings is 1. The average molecular weight is 227 g/mol. The third-order valence-corrected chi connectivity index (χ3v) is 3.59. The summed E-state index contributed by atoms with van der Waals surface area (Å²) in [6, 6.07) is 0.414. The van der Waals surface area contributed by atoms with Crippen LogP contribution in [0, 0.1) is 0 Å². The van der Waals surface area contributed by atoms with Crippen LogP contribution < -0.4 is 5.73 Å². The van der Waals surface area contributed by atoms with Gasteiger partial charge in [-0.3, -0.25) is 4.90 Å². The molecule has 0 aromatic rings. The SMILES string of the molecule is N[C@H]1CCCN(CCCN2CCOCC2)C1. The molecule has 1 atom stereocenters. The number of nitrogens with zero attached hydrogens (tertiary/aromatic N) is 2. The van der Waals surface area contributed by atoms with Crippen LogP contribution in [0.15, 0.2) is 0 Å². The first-order valence-electron chi connectivity index (χ1n) is 6.62. The van der Waals surface area contributed by atoms with Crippen LogP contribution in [0.3, 0.4) is 0 Å². The number of hydrogen-bond donors (Lipinski definition) is 1. The van der Waals surface area contributed by atoms with E-state index in [9.17, 15) is 0 Å². The molecular formula is C12H25N3O. The van der Waals surface area contributed by atoms with Gasteiger partial charge >= 0.3 is 0 Å². The summed E-state index contributed by atoms with van der Waals surface area (Å²) in [4.78, 5) is 5.03. The van der Waals surface area contributed by atoms with Gasteiger partial charge in [0.15, 0.2) is 0 Å². The molecule has 2 fully saturated rings. The van der Waals surface area contributed by atoms with E-state index in [0.29, 0.717) is 6.04 Å². The number of ether oxygens (including phenoxy) is 1. The van der Waals surface area contributed by atoms with E-state index >= 15 is 0 Å². The van der Waals surface area contributed by atoms with Crippen LogP contribution in [-0.4, -0.2) is 68.3 Å². The largest absolute Gasteiger partial charge is 0.379 e. The van der Waals surface area contributed by atoms with E-state index in [1.54, 1.807) is 0 Å². The predicted molar refractivity (Wildman–Crippen MR) is 65.5 cm³/mol. The molecule has 4 nitrogen and oxygen atoms in total. The highest BCUT2D eigenvalue weighted by Crippen LogP contribution is 2.08. The lowest BCUT2D eigenvalue weighted by molar-refractivity contribution is 0.0357. The molecule has 16 heavy (non-hydrogen) atoms. The fourth-order valence-electron chi connectivity index (χ4n) is 2.64. The summed E-state index contributed by atoms with van der Waals surface area (Å²) in [7, 11) is 0. The minimum atomic E-state index is 0.414.